The largest absolute Gasteiger partial charge is 0.416 e. The number of anilines is 2. The van der Waals surface area contributed by atoms with E-state index in [1.807, 2.05) is 12.3 Å². The minimum atomic E-state index is -4.38. The van der Waals surface area contributed by atoms with Crippen molar-refractivity contribution in [3.63, 3.8) is 0 Å². The second-order valence-electron chi connectivity index (χ2n) is 8.57. The zero-order valence-electron chi connectivity index (χ0n) is 18.8. The third kappa shape index (κ3) is 5.57. The van der Waals surface area contributed by atoms with Gasteiger partial charge < -0.3 is 14.5 Å². The highest BCUT2D eigenvalue weighted by atomic mass is 32.2. The van der Waals surface area contributed by atoms with Gasteiger partial charge in [-0.05, 0) is 43.5 Å². The van der Waals surface area contributed by atoms with Crippen LogP contribution < -0.4 is 9.62 Å². The van der Waals surface area contributed by atoms with Gasteiger partial charge in [-0.25, -0.2) is 4.79 Å². The maximum atomic E-state index is 13.6. The normalized spacial score (nSPS) is 19.8. The maximum absolute atomic E-state index is 13.6. The van der Waals surface area contributed by atoms with Crippen molar-refractivity contribution in [2.45, 2.75) is 38.5 Å². The second-order valence-corrected chi connectivity index (χ2v) is 9.18. The molecule has 1 amide bonds. The van der Waals surface area contributed by atoms with Gasteiger partial charge in [0.1, 0.15) is 0 Å². The molecule has 7 nitrogen and oxygen atoms in total. The number of amides is 1. The number of piperazine rings is 1. The van der Waals surface area contributed by atoms with Crippen molar-refractivity contribution in [3.05, 3.63) is 41.6 Å². The Morgan fingerprint density at radius 2 is 1.94 bits per heavy atom. The summed E-state index contributed by atoms with van der Waals surface area (Å²) in [7, 11) is 0. The van der Waals surface area contributed by atoms with Gasteiger partial charge in [-0.15, -0.1) is 5.10 Å². The van der Waals surface area contributed by atoms with Crippen molar-refractivity contribution < 1.29 is 18.0 Å². The molecule has 2 fully saturated rings. The predicted octanol–water partition coefficient (Wildman–Crippen LogP) is 4.37. The van der Waals surface area contributed by atoms with Gasteiger partial charge in [0.25, 0.3) is 0 Å². The molecule has 4 rings (SSSR count). The SMILES string of the molecule is CSNc1ccn(C(=O)N2CCN(Cc3cc(N4CCCC4C)cc(C(F)(F)F)c3)CC2)n1. The summed E-state index contributed by atoms with van der Waals surface area (Å²) in [5, 5.41) is 4.22. The van der Waals surface area contributed by atoms with Crippen LogP contribution in [-0.2, 0) is 12.7 Å². The molecule has 33 heavy (non-hydrogen) atoms. The van der Waals surface area contributed by atoms with E-state index in [0.29, 0.717) is 49.8 Å². The van der Waals surface area contributed by atoms with Gasteiger partial charge in [0.15, 0.2) is 5.82 Å². The molecule has 180 valence electrons. The van der Waals surface area contributed by atoms with Crippen LogP contribution in [0.5, 0.6) is 0 Å². The first-order chi connectivity index (χ1) is 15.7. The molecule has 1 unspecified atom stereocenters. The molecule has 2 aromatic rings. The van der Waals surface area contributed by atoms with Crippen LogP contribution in [0.3, 0.4) is 0 Å². The number of nitrogens with zero attached hydrogens (tertiary/aromatic N) is 5. The molecule has 0 aliphatic carbocycles. The molecule has 2 aliphatic heterocycles. The standard InChI is InChI=1S/C22H29F3N6OS/c1-16-4-3-6-30(16)19-13-17(12-18(14-19)22(23,24)25)15-28-8-10-29(11-9-28)21(32)31-7-5-20(26-31)27-33-2/h5,7,12-14,16H,3-4,6,8-11,15H2,1-2H3,(H,26,27). The Morgan fingerprint density at radius 1 is 1.18 bits per heavy atom. The monoisotopic (exact) mass is 482 g/mol. The summed E-state index contributed by atoms with van der Waals surface area (Å²) in [6.45, 7) is 5.44. The number of rotatable bonds is 5. The van der Waals surface area contributed by atoms with Gasteiger partial charge >= 0.3 is 12.2 Å². The lowest BCUT2D eigenvalue weighted by Crippen LogP contribution is -2.49. The van der Waals surface area contributed by atoms with Crippen molar-refractivity contribution in [2.24, 2.45) is 0 Å². The van der Waals surface area contributed by atoms with Gasteiger partial charge in [0, 0.05) is 69.5 Å². The van der Waals surface area contributed by atoms with E-state index in [2.05, 4.69) is 26.5 Å². The lowest BCUT2D eigenvalue weighted by Gasteiger charge is -2.34. The highest BCUT2D eigenvalue weighted by molar-refractivity contribution is 7.99. The number of carbonyl (C=O) groups excluding carboxylic acids is 1. The Labute approximate surface area is 196 Å². The minimum absolute atomic E-state index is 0.201. The quantitative estimate of drug-likeness (QED) is 0.639. The van der Waals surface area contributed by atoms with Crippen molar-refractivity contribution in [2.75, 3.05) is 48.6 Å². The van der Waals surface area contributed by atoms with E-state index in [4.69, 9.17) is 0 Å². The van der Waals surface area contributed by atoms with E-state index in [0.717, 1.165) is 19.4 Å². The molecule has 0 saturated carbocycles. The highest BCUT2D eigenvalue weighted by Gasteiger charge is 2.33. The van der Waals surface area contributed by atoms with E-state index < -0.39 is 11.7 Å². The van der Waals surface area contributed by atoms with Crippen LogP contribution in [-0.4, -0.2) is 70.6 Å². The zero-order valence-corrected chi connectivity index (χ0v) is 19.6. The molecule has 2 aliphatic rings. The lowest BCUT2D eigenvalue weighted by molar-refractivity contribution is -0.137. The number of aromatic nitrogens is 2. The van der Waals surface area contributed by atoms with Gasteiger partial charge in [0.2, 0.25) is 0 Å². The molecule has 1 aromatic carbocycles. The van der Waals surface area contributed by atoms with E-state index in [1.54, 1.807) is 17.2 Å². The second kappa shape index (κ2) is 9.84. The number of hydrogen-bond donors (Lipinski definition) is 1. The molecular weight excluding hydrogens is 453 g/mol. The van der Waals surface area contributed by atoms with E-state index in [-0.39, 0.29) is 12.1 Å². The highest BCUT2D eigenvalue weighted by Crippen LogP contribution is 2.35. The third-order valence-corrected chi connectivity index (χ3v) is 6.64. The van der Waals surface area contributed by atoms with Crippen LogP contribution in [0, 0.1) is 0 Å². The molecule has 2 saturated heterocycles. The van der Waals surface area contributed by atoms with Crippen molar-refractivity contribution in [1.82, 2.24) is 19.6 Å². The molecular formula is C22H29F3N6OS. The average molecular weight is 483 g/mol. The summed E-state index contributed by atoms with van der Waals surface area (Å²) in [6.07, 6.45) is 1.10. The summed E-state index contributed by atoms with van der Waals surface area (Å²) in [5.74, 6) is 0.613. The number of alkyl halides is 3. The summed E-state index contributed by atoms with van der Waals surface area (Å²) < 4.78 is 45.0. The number of carbonyl (C=O) groups is 1. The van der Waals surface area contributed by atoms with Crippen LogP contribution in [0.4, 0.5) is 29.5 Å². The van der Waals surface area contributed by atoms with E-state index in [9.17, 15) is 18.0 Å². The van der Waals surface area contributed by atoms with Gasteiger partial charge in [-0.1, -0.05) is 11.9 Å². The third-order valence-electron chi connectivity index (χ3n) is 6.23. The van der Waals surface area contributed by atoms with Gasteiger partial charge in [0.05, 0.1) is 5.56 Å². The van der Waals surface area contributed by atoms with Crippen LogP contribution >= 0.6 is 11.9 Å². The Kier molecular flexibility index (Phi) is 7.08. The molecule has 0 spiro atoms. The fourth-order valence-corrected chi connectivity index (χ4v) is 4.82. The predicted molar refractivity (Wildman–Crippen MR) is 124 cm³/mol. The fraction of sp³-hybridized carbons (Fsp3) is 0.545. The average Bonchev–Trinajstić information content (AvgIpc) is 3.42. The van der Waals surface area contributed by atoms with Gasteiger partial charge in [-0.3, -0.25) is 4.90 Å². The fourth-order valence-electron chi connectivity index (χ4n) is 4.50. The Bertz CT molecular complexity index is 973. The minimum Gasteiger partial charge on any atom is -0.369 e. The maximum Gasteiger partial charge on any atom is 0.416 e. The number of hydrogen-bond acceptors (Lipinski definition) is 6. The first-order valence-electron chi connectivity index (χ1n) is 11.1. The molecule has 1 N–H and O–H groups in total. The Balaban J connectivity index is 1.41. The molecule has 1 atom stereocenters. The summed E-state index contributed by atoms with van der Waals surface area (Å²) >= 11 is 1.40. The van der Waals surface area contributed by atoms with Crippen LogP contribution in [0.2, 0.25) is 0 Å². The number of benzene rings is 1. The van der Waals surface area contributed by atoms with Crippen molar-refractivity contribution in [3.8, 4) is 0 Å². The Morgan fingerprint density at radius 3 is 2.58 bits per heavy atom. The van der Waals surface area contributed by atoms with Gasteiger partial charge in [-0.2, -0.15) is 17.9 Å². The van der Waals surface area contributed by atoms with E-state index >= 15 is 0 Å². The summed E-state index contributed by atoms with van der Waals surface area (Å²) in [4.78, 5) is 18.6. The van der Waals surface area contributed by atoms with Crippen molar-refractivity contribution >= 4 is 29.5 Å². The molecule has 11 heteroatoms. The number of nitrogens with one attached hydrogen (secondary N) is 1. The van der Waals surface area contributed by atoms with Crippen LogP contribution in [0.15, 0.2) is 30.5 Å². The molecule has 0 bridgehead atoms. The smallest absolute Gasteiger partial charge is 0.369 e. The van der Waals surface area contributed by atoms with Crippen molar-refractivity contribution in [1.29, 1.82) is 0 Å². The lowest BCUT2D eigenvalue weighted by atomic mass is 10.1. The van der Waals surface area contributed by atoms with Crippen LogP contribution in [0.25, 0.3) is 0 Å². The summed E-state index contributed by atoms with van der Waals surface area (Å²) in [5.41, 5.74) is 0.696. The topological polar surface area (TPSA) is 56.6 Å². The van der Waals surface area contributed by atoms with E-state index in [1.165, 1.54) is 28.8 Å². The molecule has 1 aromatic heterocycles. The Hall–Kier alpha value is -2.40. The first-order valence-corrected chi connectivity index (χ1v) is 12.3. The van der Waals surface area contributed by atoms with Crippen LogP contribution in [0.1, 0.15) is 30.9 Å². The first kappa shape index (κ1) is 23.7. The molecule has 3 heterocycles. The molecule has 0 radical (unpaired) electrons. The summed E-state index contributed by atoms with van der Waals surface area (Å²) in [6, 6.07) is 6.19. The number of halogens is 3. The zero-order chi connectivity index (χ0) is 23.6.